The maximum absolute atomic E-state index is 13.6. The number of fused-ring (bicyclic) bond motifs is 1. The molecule has 0 saturated heterocycles. The van der Waals surface area contributed by atoms with Crippen molar-refractivity contribution in [3.05, 3.63) is 83.9 Å². The second-order valence-electron chi connectivity index (χ2n) is 10.0. The fourth-order valence-electron chi connectivity index (χ4n) is 4.43. The third-order valence-corrected chi connectivity index (χ3v) is 7.38. The molecule has 0 saturated carbocycles. The van der Waals surface area contributed by atoms with Crippen LogP contribution in [0.15, 0.2) is 77.7 Å². The maximum atomic E-state index is 13.6. The lowest BCUT2D eigenvalue weighted by Gasteiger charge is -2.26. The highest BCUT2D eigenvalue weighted by Crippen LogP contribution is 2.33. The van der Waals surface area contributed by atoms with Crippen LogP contribution >= 0.6 is 11.8 Å². The number of aromatic amines is 1. The lowest BCUT2D eigenvalue weighted by molar-refractivity contribution is -0.135. The summed E-state index contributed by atoms with van der Waals surface area (Å²) in [6.07, 6.45) is 0.131. The minimum absolute atomic E-state index is 0.131. The largest absolute Gasteiger partial charge is 0.336 e. The van der Waals surface area contributed by atoms with Gasteiger partial charge in [0.15, 0.2) is 5.37 Å². The van der Waals surface area contributed by atoms with E-state index in [-0.39, 0.29) is 18.2 Å². The van der Waals surface area contributed by atoms with Crippen molar-refractivity contribution in [2.45, 2.75) is 49.2 Å². The number of amides is 2. The molecule has 1 aliphatic heterocycles. The average Bonchev–Trinajstić information content (AvgIpc) is 3.39. The van der Waals surface area contributed by atoms with E-state index < -0.39 is 10.9 Å². The van der Waals surface area contributed by atoms with E-state index in [4.69, 9.17) is 5.73 Å². The second kappa shape index (κ2) is 10.8. The molecule has 0 spiro atoms. The van der Waals surface area contributed by atoms with Gasteiger partial charge in [-0.05, 0) is 47.4 Å². The van der Waals surface area contributed by atoms with Gasteiger partial charge in [-0.2, -0.15) is 5.21 Å². The number of nitrogens with two attached hydrogens (primary N) is 1. The molecule has 3 aromatic carbocycles. The molecule has 0 bridgehead atoms. The molecule has 2 amide bonds. The summed E-state index contributed by atoms with van der Waals surface area (Å²) < 4.78 is 0. The van der Waals surface area contributed by atoms with Crippen LogP contribution in [-0.4, -0.2) is 48.3 Å². The molecular formula is C28H29N7O2S. The number of nitrogens with one attached hydrogen (secondary N) is 2. The van der Waals surface area contributed by atoms with Gasteiger partial charge in [0, 0.05) is 35.5 Å². The molecule has 0 radical (unpaired) electrons. The summed E-state index contributed by atoms with van der Waals surface area (Å²) >= 11 is 1.37. The molecule has 4 N–H and O–H groups in total. The minimum Gasteiger partial charge on any atom is -0.336 e. The number of thioether (sulfide) groups is 1. The van der Waals surface area contributed by atoms with Gasteiger partial charge in [0.2, 0.25) is 11.7 Å². The van der Waals surface area contributed by atoms with Crippen LogP contribution in [-0.2, 0) is 22.7 Å². The molecule has 194 valence electrons. The highest BCUT2D eigenvalue weighted by Gasteiger charge is 2.32. The predicted octanol–water partition coefficient (Wildman–Crippen LogP) is 3.74. The van der Waals surface area contributed by atoms with Crippen molar-refractivity contribution < 1.29 is 9.59 Å². The van der Waals surface area contributed by atoms with Crippen molar-refractivity contribution in [2.75, 3.05) is 0 Å². The van der Waals surface area contributed by atoms with Crippen LogP contribution in [0.5, 0.6) is 0 Å². The molecule has 5 rings (SSSR count). The van der Waals surface area contributed by atoms with Crippen LogP contribution in [0.4, 0.5) is 0 Å². The van der Waals surface area contributed by atoms with Gasteiger partial charge in [0.1, 0.15) is 0 Å². The molecule has 0 fully saturated rings. The summed E-state index contributed by atoms with van der Waals surface area (Å²) in [6.45, 7) is 4.45. The van der Waals surface area contributed by atoms with E-state index in [1.807, 2.05) is 72.8 Å². The Morgan fingerprint density at radius 2 is 1.79 bits per heavy atom. The number of nitrogens with zero attached hydrogens (tertiary/aromatic N) is 4. The summed E-state index contributed by atoms with van der Waals surface area (Å²) in [5.41, 5.74) is 10.3. The zero-order chi connectivity index (χ0) is 26.7. The number of H-pyrrole nitrogens is 1. The second-order valence-corrected chi connectivity index (χ2v) is 11.2. The van der Waals surface area contributed by atoms with Gasteiger partial charge in [0.25, 0.3) is 5.91 Å². The number of carbonyl (C=O) groups is 2. The van der Waals surface area contributed by atoms with Crippen molar-refractivity contribution in [2.24, 2.45) is 5.73 Å². The van der Waals surface area contributed by atoms with Gasteiger partial charge < -0.3 is 16.0 Å². The lowest BCUT2D eigenvalue weighted by atomic mass is 9.98. The molecule has 0 unspecified atom stereocenters. The average molecular weight is 528 g/mol. The van der Waals surface area contributed by atoms with Gasteiger partial charge in [-0.1, -0.05) is 78.5 Å². The fourth-order valence-corrected chi connectivity index (χ4v) is 5.56. The number of tetrazole rings is 1. The number of rotatable bonds is 7. The molecule has 2 heterocycles. The van der Waals surface area contributed by atoms with Gasteiger partial charge in [-0.25, -0.2) is 0 Å². The summed E-state index contributed by atoms with van der Waals surface area (Å²) in [5.74, 6) is 0.148. The van der Waals surface area contributed by atoms with Crippen molar-refractivity contribution in [3.63, 3.8) is 0 Å². The monoisotopic (exact) mass is 527 g/mol. The van der Waals surface area contributed by atoms with Crippen molar-refractivity contribution >= 4 is 23.6 Å². The SMILES string of the molecule is CC(C)(N)CC(=O)N[C@@H]1Sc2ccccc2CN(Cc2ccc(-c3ccccc3-c3nn[nH]n3)cc2)C1=O. The Kier molecular flexibility index (Phi) is 7.26. The van der Waals surface area contributed by atoms with E-state index in [1.54, 1.807) is 18.7 Å². The Bertz CT molecular complexity index is 1430. The van der Waals surface area contributed by atoms with Gasteiger partial charge in [0.05, 0.1) is 0 Å². The van der Waals surface area contributed by atoms with E-state index in [0.29, 0.717) is 18.9 Å². The normalized spacial score (nSPS) is 15.6. The van der Waals surface area contributed by atoms with Crippen LogP contribution in [0, 0.1) is 0 Å². The van der Waals surface area contributed by atoms with Crippen LogP contribution in [0.3, 0.4) is 0 Å². The zero-order valence-corrected chi connectivity index (χ0v) is 22.0. The highest BCUT2D eigenvalue weighted by molar-refractivity contribution is 8.00. The van der Waals surface area contributed by atoms with E-state index >= 15 is 0 Å². The smallest absolute Gasteiger partial charge is 0.256 e. The summed E-state index contributed by atoms with van der Waals surface area (Å²) in [5, 5.41) is 16.6. The van der Waals surface area contributed by atoms with Crippen LogP contribution in [0.1, 0.15) is 31.4 Å². The minimum atomic E-state index is -0.727. The summed E-state index contributed by atoms with van der Waals surface area (Å²) in [7, 11) is 0. The van der Waals surface area contributed by atoms with E-state index in [2.05, 4.69) is 25.9 Å². The first kappa shape index (κ1) is 25.6. The van der Waals surface area contributed by atoms with E-state index in [0.717, 1.165) is 32.7 Å². The third kappa shape index (κ3) is 5.92. The maximum Gasteiger partial charge on any atom is 0.256 e. The Balaban J connectivity index is 1.38. The Hall–Kier alpha value is -4.02. The molecule has 9 nitrogen and oxygen atoms in total. The molecule has 4 aromatic rings. The Morgan fingerprint density at radius 3 is 2.50 bits per heavy atom. The third-order valence-electron chi connectivity index (χ3n) is 6.17. The van der Waals surface area contributed by atoms with E-state index in [1.165, 1.54) is 11.8 Å². The zero-order valence-electron chi connectivity index (χ0n) is 21.2. The van der Waals surface area contributed by atoms with Gasteiger partial charge >= 0.3 is 0 Å². The quantitative estimate of drug-likeness (QED) is 0.334. The number of carbonyl (C=O) groups excluding carboxylic acids is 2. The van der Waals surface area contributed by atoms with Crippen molar-refractivity contribution in [3.8, 4) is 22.5 Å². The number of hydrogen-bond donors (Lipinski definition) is 3. The highest BCUT2D eigenvalue weighted by atomic mass is 32.2. The standard InChI is InChI=1S/C28H29N7O2S/c1-28(2,29)15-24(36)30-26-27(37)35(17-20-7-3-6-10-23(20)38-26)16-18-11-13-19(14-12-18)21-8-4-5-9-22(21)25-31-33-34-32-25/h3-14,26H,15-17,29H2,1-2H3,(H,30,36)(H,31,32,33,34)/t26-/m1/s1. The van der Waals surface area contributed by atoms with Crippen LogP contribution < -0.4 is 11.1 Å². The molecule has 0 aliphatic carbocycles. The molecule has 38 heavy (non-hydrogen) atoms. The first-order chi connectivity index (χ1) is 18.3. The van der Waals surface area contributed by atoms with Crippen molar-refractivity contribution in [1.29, 1.82) is 0 Å². The number of aromatic nitrogens is 4. The molecule has 1 atom stereocenters. The topological polar surface area (TPSA) is 130 Å². The van der Waals surface area contributed by atoms with Crippen LogP contribution in [0.25, 0.3) is 22.5 Å². The molecule has 10 heteroatoms. The van der Waals surface area contributed by atoms with Crippen molar-refractivity contribution in [1.82, 2.24) is 30.8 Å². The van der Waals surface area contributed by atoms with Crippen LogP contribution in [0.2, 0.25) is 0 Å². The summed E-state index contributed by atoms with van der Waals surface area (Å²) in [4.78, 5) is 29.0. The van der Waals surface area contributed by atoms with E-state index in [9.17, 15) is 9.59 Å². The predicted molar refractivity (Wildman–Crippen MR) is 146 cm³/mol. The van der Waals surface area contributed by atoms with Gasteiger partial charge in [-0.3, -0.25) is 9.59 Å². The first-order valence-electron chi connectivity index (χ1n) is 12.3. The summed E-state index contributed by atoms with van der Waals surface area (Å²) in [6, 6.07) is 23.9. The molecule has 1 aliphatic rings. The number of benzene rings is 3. The lowest BCUT2D eigenvalue weighted by Crippen LogP contribution is -2.47. The Labute approximate surface area is 225 Å². The molecule has 1 aromatic heterocycles. The molecular weight excluding hydrogens is 498 g/mol. The first-order valence-corrected chi connectivity index (χ1v) is 13.2. The van der Waals surface area contributed by atoms with Gasteiger partial charge in [-0.15, -0.1) is 10.2 Å². The Morgan fingerprint density at radius 1 is 1.08 bits per heavy atom. The number of hydrogen-bond acceptors (Lipinski definition) is 7. The fraction of sp³-hybridized carbons (Fsp3) is 0.250.